The van der Waals surface area contributed by atoms with Crippen LogP contribution in [0.2, 0.25) is 0 Å². The van der Waals surface area contributed by atoms with Crippen molar-refractivity contribution in [2.24, 2.45) is 17.6 Å². The lowest BCUT2D eigenvalue weighted by molar-refractivity contribution is -0.123. The maximum atomic E-state index is 12.0. The zero-order valence-corrected chi connectivity index (χ0v) is 11.7. The van der Waals surface area contributed by atoms with Crippen LogP contribution in [-0.2, 0) is 4.79 Å². The molecule has 4 nitrogen and oxygen atoms in total. The van der Waals surface area contributed by atoms with Gasteiger partial charge in [0.2, 0.25) is 5.91 Å². The Morgan fingerprint density at radius 3 is 2.78 bits per heavy atom. The molecule has 1 saturated heterocycles. The first-order chi connectivity index (χ1) is 8.56. The van der Waals surface area contributed by atoms with Crippen molar-refractivity contribution in [3.63, 3.8) is 0 Å². The molecule has 1 aliphatic heterocycles. The van der Waals surface area contributed by atoms with Crippen molar-refractivity contribution >= 4 is 5.91 Å². The molecule has 1 saturated carbocycles. The molecule has 0 aromatic rings. The average Bonchev–Trinajstić information content (AvgIpc) is 2.70. The second-order valence-electron chi connectivity index (χ2n) is 6.23. The fourth-order valence-corrected chi connectivity index (χ4v) is 3.25. The summed E-state index contributed by atoms with van der Waals surface area (Å²) in [5, 5.41) is 3.22. The van der Waals surface area contributed by atoms with E-state index in [1.807, 2.05) is 0 Å². The van der Waals surface area contributed by atoms with E-state index in [4.69, 9.17) is 5.73 Å². The average molecular weight is 253 g/mol. The molecule has 1 aliphatic carbocycles. The van der Waals surface area contributed by atoms with Crippen LogP contribution in [0.1, 0.15) is 39.5 Å². The van der Waals surface area contributed by atoms with Gasteiger partial charge in [0, 0.05) is 25.2 Å². The van der Waals surface area contributed by atoms with E-state index in [0.29, 0.717) is 18.5 Å². The van der Waals surface area contributed by atoms with E-state index in [1.54, 1.807) is 0 Å². The van der Waals surface area contributed by atoms with Crippen LogP contribution in [0.15, 0.2) is 0 Å². The summed E-state index contributed by atoms with van der Waals surface area (Å²) >= 11 is 0. The fourth-order valence-electron chi connectivity index (χ4n) is 3.25. The second kappa shape index (κ2) is 6.02. The summed E-state index contributed by atoms with van der Waals surface area (Å²) in [6, 6.07) is 0.629. The Morgan fingerprint density at radius 2 is 2.11 bits per heavy atom. The van der Waals surface area contributed by atoms with Crippen molar-refractivity contribution in [3.05, 3.63) is 0 Å². The number of hydrogen-bond acceptors (Lipinski definition) is 3. The predicted octanol–water partition coefficient (Wildman–Crippen LogP) is 0.960. The molecule has 0 aromatic carbocycles. The summed E-state index contributed by atoms with van der Waals surface area (Å²) in [4.78, 5) is 14.2. The molecule has 2 aliphatic rings. The lowest BCUT2D eigenvalue weighted by Crippen LogP contribution is -2.47. The number of carbonyl (C=O) groups is 1. The molecule has 1 amide bonds. The first kappa shape index (κ1) is 13.8. The normalized spacial score (nSPS) is 37.7. The number of nitrogens with zero attached hydrogens (tertiary/aromatic N) is 1. The third kappa shape index (κ3) is 3.45. The molecule has 0 spiro atoms. The molecular formula is C14H27N3O. The van der Waals surface area contributed by atoms with Crippen LogP contribution < -0.4 is 11.1 Å². The number of likely N-dealkylation sites (tertiary alicyclic amines) is 1. The number of carbonyl (C=O) groups excluding carboxylic acids is 1. The number of nitrogens with one attached hydrogen (secondary N) is 1. The summed E-state index contributed by atoms with van der Waals surface area (Å²) in [5.74, 6) is 1.50. The Morgan fingerprint density at radius 1 is 1.33 bits per heavy atom. The molecule has 2 rings (SSSR count). The quantitative estimate of drug-likeness (QED) is 0.787. The summed E-state index contributed by atoms with van der Waals surface area (Å²) in [6.45, 7) is 6.91. The van der Waals surface area contributed by atoms with Gasteiger partial charge in [-0.1, -0.05) is 26.7 Å². The molecule has 1 heterocycles. The van der Waals surface area contributed by atoms with Crippen molar-refractivity contribution in [1.29, 1.82) is 0 Å². The van der Waals surface area contributed by atoms with Crippen LogP contribution in [0.4, 0.5) is 0 Å². The van der Waals surface area contributed by atoms with Crippen molar-refractivity contribution < 1.29 is 4.79 Å². The van der Waals surface area contributed by atoms with E-state index in [0.717, 1.165) is 31.8 Å². The summed E-state index contributed by atoms with van der Waals surface area (Å²) in [6.07, 6.45) is 4.69. The van der Waals surface area contributed by atoms with Gasteiger partial charge < -0.3 is 11.1 Å². The van der Waals surface area contributed by atoms with E-state index in [1.165, 1.54) is 12.8 Å². The van der Waals surface area contributed by atoms with Gasteiger partial charge in [-0.15, -0.1) is 0 Å². The van der Waals surface area contributed by atoms with Crippen molar-refractivity contribution in [3.8, 4) is 0 Å². The Hall–Kier alpha value is -0.610. The highest BCUT2D eigenvalue weighted by molar-refractivity contribution is 5.78. The largest absolute Gasteiger partial charge is 0.352 e. The van der Waals surface area contributed by atoms with Crippen molar-refractivity contribution in [2.75, 3.05) is 19.6 Å². The van der Waals surface area contributed by atoms with Gasteiger partial charge in [-0.25, -0.2) is 0 Å². The van der Waals surface area contributed by atoms with Crippen molar-refractivity contribution in [2.45, 2.75) is 51.6 Å². The number of nitrogens with two attached hydrogens (primary N) is 1. The van der Waals surface area contributed by atoms with Crippen LogP contribution >= 0.6 is 0 Å². The van der Waals surface area contributed by atoms with Gasteiger partial charge >= 0.3 is 0 Å². The number of rotatable bonds is 3. The SMILES string of the molecule is CC1CCCC(NC(=O)CN2CC[C@H](N)C2)C1C. The number of amides is 1. The topological polar surface area (TPSA) is 58.4 Å². The van der Waals surface area contributed by atoms with Gasteiger partial charge in [-0.2, -0.15) is 0 Å². The zero-order valence-electron chi connectivity index (χ0n) is 11.7. The standard InChI is InChI=1S/C14H27N3O/c1-10-4-3-5-13(11(10)2)16-14(18)9-17-7-6-12(15)8-17/h10-13H,3-9,15H2,1-2H3,(H,16,18)/t10?,11?,12-,13?/m0/s1. The molecule has 0 bridgehead atoms. The second-order valence-corrected chi connectivity index (χ2v) is 6.23. The van der Waals surface area contributed by atoms with Crippen LogP contribution in [-0.4, -0.2) is 42.5 Å². The Balaban J connectivity index is 1.76. The van der Waals surface area contributed by atoms with Gasteiger partial charge in [0.05, 0.1) is 6.54 Å². The maximum absolute atomic E-state index is 12.0. The van der Waals surface area contributed by atoms with Gasteiger partial charge in [-0.3, -0.25) is 9.69 Å². The monoisotopic (exact) mass is 253 g/mol. The Bertz CT molecular complexity index is 295. The predicted molar refractivity (Wildman–Crippen MR) is 73.1 cm³/mol. The van der Waals surface area contributed by atoms with Crippen molar-refractivity contribution in [1.82, 2.24) is 10.2 Å². The molecule has 0 aromatic heterocycles. The van der Waals surface area contributed by atoms with Gasteiger partial charge in [0.25, 0.3) is 0 Å². The highest BCUT2D eigenvalue weighted by Crippen LogP contribution is 2.29. The zero-order chi connectivity index (χ0) is 13.1. The minimum absolute atomic E-state index is 0.176. The molecule has 2 fully saturated rings. The minimum Gasteiger partial charge on any atom is -0.352 e. The highest BCUT2D eigenvalue weighted by Gasteiger charge is 2.29. The Kier molecular flexibility index (Phi) is 4.62. The smallest absolute Gasteiger partial charge is 0.234 e. The molecule has 4 atom stereocenters. The van der Waals surface area contributed by atoms with E-state index < -0.39 is 0 Å². The van der Waals surface area contributed by atoms with Crippen LogP contribution in [0.3, 0.4) is 0 Å². The molecule has 3 N–H and O–H groups in total. The van der Waals surface area contributed by atoms with Crippen LogP contribution in [0, 0.1) is 11.8 Å². The fraction of sp³-hybridized carbons (Fsp3) is 0.929. The third-order valence-electron chi connectivity index (χ3n) is 4.73. The minimum atomic E-state index is 0.176. The first-order valence-electron chi connectivity index (χ1n) is 7.33. The van der Waals surface area contributed by atoms with Crippen LogP contribution in [0.25, 0.3) is 0 Å². The third-order valence-corrected chi connectivity index (χ3v) is 4.73. The maximum Gasteiger partial charge on any atom is 0.234 e. The van der Waals surface area contributed by atoms with E-state index in [9.17, 15) is 4.79 Å². The molecule has 0 radical (unpaired) electrons. The van der Waals surface area contributed by atoms with Gasteiger partial charge in [0.1, 0.15) is 0 Å². The Labute approximate surface area is 110 Å². The lowest BCUT2D eigenvalue weighted by atomic mass is 9.78. The van der Waals surface area contributed by atoms with Crippen LogP contribution in [0.5, 0.6) is 0 Å². The summed E-state index contributed by atoms with van der Waals surface area (Å²) < 4.78 is 0. The van der Waals surface area contributed by atoms with E-state index in [-0.39, 0.29) is 11.9 Å². The van der Waals surface area contributed by atoms with E-state index >= 15 is 0 Å². The van der Waals surface area contributed by atoms with Gasteiger partial charge in [-0.05, 0) is 24.7 Å². The summed E-state index contributed by atoms with van der Waals surface area (Å²) in [5.41, 5.74) is 5.85. The van der Waals surface area contributed by atoms with E-state index in [2.05, 4.69) is 24.1 Å². The lowest BCUT2D eigenvalue weighted by Gasteiger charge is -2.35. The number of hydrogen-bond donors (Lipinski definition) is 2. The highest BCUT2D eigenvalue weighted by atomic mass is 16.2. The molecule has 4 heteroatoms. The molecule has 18 heavy (non-hydrogen) atoms. The molecule has 3 unspecified atom stereocenters. The summed E-state index contributed by atoms with van der Waals surface area (Å²) in [7, 11) is 0. The molecule has 104 valence electrons. The molecular weight excluding hydrogens is 226 g/mol. The first-order valence-corrected chi connectivity index (χ1v) is 7.33. The van der Waals surface area contributed by atoms with Gasteiger partial charge in [0.15, 0.2) is 0 Å².